The van der Waals surface area contributed by atoms with Crippen molar-refractivity contribution >= 4 is 0 Å². The zero-order valence-electron chi connectivity index (χ0n) is 7.78. The van der Waals surface area contributed by atoms with Gasteiger partial charge in [0.1, 0.15) is 0 Å². The minimum atomic E-state index is 1.16. The summed E-state index contributed by atoms with van der Waals surface area (Å²) in [6, 6.07) is 1.44. The molecule has 0 N–H and O–H groups in total. The number of hydrogen-bond acceptors (Lipinski definition) is 1. The minimum Gasteiger partial charge on any atom is -0.297 e. The predicted molar refractivity (Wildman–Crippen MR) is 46.7 cm³/mol. The van der Waals surface area contributed by atoms with E-state index in [1.807, 2.05) is 0 Å². The summed E-state index contributed by atoms with van der Waals surface area (Å²) in [5.41, 5.74) is 0. The monoisotopic (exact) mass is 142 g/mol. The predicted octanol–water partition coefficient (Wildman–Crippen LogP) is 2.68. The first-order valence-electron chi connectivity index (χ1n) is 4.27. The fraction of sp³-hybridized carbons (Fsp3) is 0.889. The van der Waals surface area contributed by atoms with Crippen molar-refractivity contribution in [2.45, 2.75) is 40.5 Å². The van der Waals surface area contributed by atoms with Crippen LogP contribution in [0.4, 0.5) is 0 Å². The van der Waals surface area contributed by atoms with Gasteiger partial charge in [0, 0.05) is 6.04 Å². The molecule has 0 aromatic heterocycles. The van der Waals surface area contributed by atoms with Crippen LogP contribution in [0.5, 0.6) is 0 Å². The SMILES string of the molecule is CCCCN(CC)[C](C)C. The van der Waals surface area contributed by atoms with E-state index >= 15 is 0 Å². The molecule has 1 radical (unpaired) electrons. The Kier molecular flexibility index (Phi) is 5.70. The molecule has 0 saturated heterocycles. The second-order valence-corrected chi connectivity index (χ2v) is 2.88. The highest BCUT2D eigenvalue weighted by atomic mass is 15.1. The van der Waals surface area contributed by atoms with Gasteiger partial charge in [-0.15, -0.1) is 0 Å². The van der Waals surface area contributed by atoms with Crippen LogP contribution in [0, 0.1) is 6.04 Å². The summed E-state index contributed by atoms with van der Waals surface area (Å²) in [4.78, 5) is 2.42. The van der Waals surface area contributed by atoms with Crippen LogP contribution in [0.15, 0.2) is 0 Å². The molecule has 0 bridgehead atoms. The molecule has 0 amide bonds. The summed E-state index contributed by atoms with van der Waals surface area (Å²) in [5, 5.41) is 0. The molecule has 0 unspecified atom stereocenters. The fourth-order valence-electron chi connectivity index (χ4n) is 1.05. The summed E-state index contributed by atoms with van der Waals surface area (Å²) in [6.07, 6.45) is 2.61. The first-order valence-corrected chi connectivity index (χ1v) is 4.27. The molecule has 0 fully saturated rings. The van der Waals surface area contributed by atoms with Crippen LogP contribution in [0.3, 0.4) is 0 Å². The molecule has 0 aliphatic heterocycles. The first-order chi connectivity index (χ1) is 4.72. The highest BCUT2D eigenvalue weighted by molar-refractivity contribution is 4.77. The van der Waals surface area contributed by atoms with E-state index in [1.54, 1.807) is 0 Å². The smallest absolute Gasteiger partial charge is 0.0331 e. The van der Waals surface area contributed by atoms with Gasteiger partial charge in [-0.3, -0.25) is 4.90 Å². The first kappa shape index (κ1) is 9.96. The summed E-state index contributed by atoms with van der Waals surface area (Å²) < 4.78 is 0. The lowest BCUT2D eigenvalue weighted by atomic mass is 10.2. The van der Waals surface area contributed by atoms with Gasteiger partial charge in [-0.25, -0.2) is 0 Å². The molecule has 0 aromatic rings. The average molecular weight is 142 g/mol. The molecule has 0 saturated carbocycles. The van der Waals surface area contributed by atoms with Crippen molar-refractivity contribution < 1.29 is 0 Å². The van der Waals surface area contributed by atoms with E-state index in [0.717, 1.165) is 6.54 Å². The van der Waals surface area contributed by atoms with Gasteiger partial charge in [0.2, 0.25) is 0 Å². The zero-order valence-corrected chi connectivity index (χ0v) is 7.78. The quantitative estimate of drug-likeness (QED) is 0.570. The summed E-state index contributed by atoms with van der Waals surface area (Å²) >= 11 is 0. The summed E-state index contributed by atoms with van der Waals surface area (Å²) in [5.74, 6) is 0. The van der Waals surface area contributed by atoms with Crippen LogP contribution in [-0.4, -0.2) is 18.0 Å². The highest BCUT2D eigenvalue weighted by Gasteiger charge is 2.04. The van der Waals surface area contributed by atoms with E-state index in [9.17, 15) is 0 Å². The standard InChI is InChI=1S/C9H20N/c1-5-7-8-10(6-2)9(3)4/h5-8H2,1-4H3. The number of nitrogens with zero attached hydrogens (tertiary/aromatic N) is 1. The van der Waals surface area contributed by atoms with E-state index in [2.05, 4.69) is 32.6 Å². The van der Waals surface area contributed by atoms with E-state index < -0.39 is 0 Å². The molecule has 0 aromatic carbocycles. The zero-order chi connectivity index (χ0) is 7.98. The van der Waals surface area contributed by atoms with Crippen LogP contribution in [0.1, 0.15) is 40.5 Å². The Labute approximate surface area is 65.4 Å². The Morgan fingerprint density at radius 2 is 1.80 bits per heavy atom. The van der Waals surface area contributed by atoms with Crippen LogP contribution in [-0.2, 0) is 0 Å². The maximum atomic E-state index is 2.42. The topological polar surface area (TPSA) is 3.24 Å². The third-order valence-corrected chi connectivity index (χ3v) is 1.80. The lowest BCUT2D eigenvalue weighted by Crippen LogP contribution is -2.25. The summed E-state index contributed by atoms with van der Waals surface area (Å²) in [6.45, 7) is 11.2. The van der Waals surface area contributed by atoms with E-state index in [-0.39, 0.29) is 0 Å². The Balaban J connectivity index is 3.40. The minimum absolute atomic E-state index is 1.16. The molecule has 10 heavy (non-hydrogen) atoms. The third kappa shape index (κ3) is 3.89. The lowest BCUT2D eigenvalue weighted by molar-refractivity contribution is 0.303. The van der Waals surface area contributed by atoms with E-state index in [0.29, 0.717) is 0 Å². The van der Waals surface area contributed by atoms with Crippen molar-refractivity contribution in [3.8, 4) is 0 Å². The van der Waals surface area contributed by atoms with Gasteiger partial charge in [0.25, 0.3) is 0 Å². The lowest BCUT2D eigenvalue weighted by Gasteiger charge is -2.23. The summed E-state index contributed by atoms with van der Waals surface area (Å²) in [7, 11) is 0. The number of hydrogen-bond donors (Lipinski definition) is 0. The maximum Gasteiger partial charge on any atom is 0.0331 e. The van der Waals surface area contributed by atoms with Gasteiger partial charge in [0.15, 0.2) is 0 Å². The van der Waals surface area contributed by atoms with Crippen molar-refractivity contribution in [2.24, 2.45) is 0 Å². The second-order valence-electron chi connectivity index (χ2n) is 2.88. The Bertz CT molecular complexity index is 69.1. The molecule has 0 aliphatic rings. The van der Waals surface area contributed by atoms with Crippen LogP contribution in [0.25, 0.3) is 0 Å². The number of unbranched alkanes of at least 4 members (excludes halogenated alkanes) is 1. The average Bonchev–Trinajstić information content (AvgIpc) is 1.89. The van der Waals surface area contributed by atoms with Crippen molar-refractivity contribution in [1.82, 2.24) is 4.90 Å². The van der Waals surface area contributed by atoms with Crippen LogP contribution in [0.2, 0.25) is 0 Å². The maximum absolute atomic E-state index is 2.42. The van der Waals surface area contributed by atoms with Gasteiger partial charge in [0.05, 0.1) is 0 Å². The molecule has 61 valence electrons. The van der Waals surface area contributed by atoms with Gasteiger partial charge >= 0.3 is 0 Å². The van der Waals surface area contributed by atoms with Gasteiger partial charge in [-0.1, -0.05) is 20.3 Å². The normalized spacial score (nSPS) is 11.4. The van der Waals surface area contributed by atoms with Crippen LogP contribution < -0.4 is 0 Å². The molecule has 0 spiro atoms. The van der Waals surface area contributed by atoms with Crippen molar-refractivity contribution in [3.05, 3.63) is 6.04 Å². The van der Waals surface area contributed by atoms with Gasteiger partial charge in [-0.2, -0.15) is 0 Å². The Morgan fingerprint density at radius 1 is 1.20 bits per heavy atom. The molecular weight excluding hydrogens is 122 g/mol. The van der Waals surface area contributed by atoms with E-state index in [4.69, 9.17) is 0 Å². The second kappa shape index (κ2) is 5.72. The largest absolute Gasteiger partial charge is 0.297 e. The Hall–Kier alpha value is -0.0400. The molecular formula is C9H20N. The molecule has 0 rings (SSSR count). The van der Waals surface area contributed by atoms with E-state index in [1.165, 1.54) is 25.4 Å². The molecule has 1 nitrogen and oxygen atoms in total. The molecule has 1 heteroatoms. The van der Waals surface area contributed by atoms with Crippen molar-refractivity contribution in [3.63, 3.8) is 0 Å². The molecule has 0 heterocycles. The van der Waals surface area contributed by atoms with Crippen LogP contribution >= 0.6 is 0 Å². The van der Waals surface area contributed by atoms with Gasteiger partial charge in [-0.05, 0) is 33.4 Å². The fourth-order valence-corrected chi connectivity index (χ4v) is 1.05. The van der Waals surface area contributed by atoms with Crippen molar-refractivity contribution in [1.29, 1.82) is 0 Å². The van der Waals surface area contributed by atoms with Gasteiger partial charge < -0.3 is 0 Å². The third-order valence-electron chi connectivity index (χ3n) is 1.80. The number of rotatable bonds is 5. The molecule has 0 aliphatic carbocycles. The molecule has 0 atom stereocenters. The highest BCUT2D eigenvalue weighted by Crippen LogP contribution is 2.06. The Morgan fingerprint density at radius 3 is 2.10 bits per heavy atom. The van der Waals surface area contributed by atoms with Crippen molar-refractivity contribution in [2.75, 3.05) is 13.1 Å².